The van der Waals surface area contributed by atoms with Crippen LogP contribution < -0.4 is 10.5 Å². The van der Waals surface area contributed by atoms with Crippen molar-refractivity contribution in [1.82, 2.24) is 14.8 Å². The van der Waals surface area contributed by atoms with Crippen molar-refractivity contribution < 1.29 is 21.6 Å². The van der Waals surface area contributed by atoms with Gasteiger partial charge in [-0.1, -0.05) is 0 Å². The van der Waals surface area contributed by atoms with E-state index in [1.807, 2.05) is 0 Å². The lowest BCUT2D eigenvalue weighted by atomic mass is 10.2. The highest BCUT2D eigenvalue weighted by atomic mass is 32.2. The summed E-state index contributed by atoms with van der Waals surface area (Å²) in [6.45, 7) is 0. The fourth-order valence-electron chi connectivity index (χ4n) is 2.36. The number of hydrogen-bond donors (Lipinski definition) is 2. The second kappa shape index (κ2) is 6.67. The number of anilines is 1. The van der Waals surface area contributed by atoms with E-state index in [1.54, 1.807) is 31.3 Å². The molecule has 7 nitrogen and oxygen atoms in total. The van der Waals surface area contributed by atoms with Crippen molar-refractivity contribution in [3.8, 4) is 17.1 Å². The van der Waals surface area contributed by atoms with Gasteiger partial charge in [-0.2, -0.15) is 13.2 Å². The van der Waals surface area contributed by atoms with Crippen LogP contribution in [0.5, 0.6) is 0 Å². The van der Waals surface area contributed by atoms with Crippen LogP contribution in [0.25, 0.3) is 17.1 Å². The largest absolute Gasteiger partial charge is 0.453 e. The van der Waals surface area contributed by atoms with E-state index in [0.717, 1.165) is 10.4 Å². The smallest absolute Gasteiger partial charge is 0.388 e. The summed E-state index contributed by atoms with van der Waals surface area (Å²) in [5.74, 6) is -1.33. The van der Waals surface area contributed by atoms with Gasteiger partial charge in [0.25, 0.3) is 5.82 Å². The molecule has 142 valence electrons. The molecule has 0 atom stereocenters. The van der Waals surface area contributed by atoms with E-state index in [2.05, 4.69) is 15.4 Å². The van der Waals surface area contributed by atoms with Crippen molar-refractivity contribution in [3.05, 3.63) is 54.4 Å². The number of primary sulfonamides is 1. The molecule has 0 bridgehead atoms. The number of nitrogens with one attached hydrogen (secondary N) is 1. The zero-order valence-corrected chi connectivity index (χ0v) is 14.7. The molecule has 0 saturated carbocycles. The molecule has 0 amide bonds. The van der Waals surface area contributed by atoms with Crippen molar-refractivity contribution in [3.63, 3.8) is 0 Å². The molecule has 0 fully saturated rings. The number of sulfonamides is 1. The van der Waals surface area contributed by atoms with E-state index in [-0.39, 0.29) is 16.4 Å². The highest BCUT2D eigenvalue weighted by Crippen LogP contribution is 2.31. The van der Waals surface area contributed by atoms with Crippen LogP contribution in [-0.2, 0) is 16.2 Å². The van der Waals surface area contributed by atoms with Gasteiger partial charge in [0.15, 0.2) is 5.82 Å². The van der Waals surface area contributed by atoms with Gasteiger partial charge in [-0.25, -0.2) is 23.2 Å². The third kappa shape index (κ3) is 3.93. The molecule has 3 N–H and O–H groups in total. The monoisotopic (exact) mass is 397 g/mol. The van der Waals surface area contributed by atoms with Crippen LogP contribution in [-0.4, -0.2) is 30.2 Å². The first-order valence-electron chi connectivity index (χ1n) is 7.55. The molecule has 0 spiro atoms. The van der Waals surface area contributed by atoms with Gasteiger partial charge in [-0.3, -0.25) is 0 Å². The third-order valence-corrected chi connectivity index (χ3v) is 4.63. The maximum absolute atomic E-state index is 13.1. The lowest BCUT2D eigenvalue weighted by Crippen LogP contribution is -2.12. The highest BCUT2D eigenvalue weighted by Gasteiger charge is 2.37. The summed E-state index contributed by atoms with van der Waals surface area (Å²) in [4.78, 5) is 3.45. The Kier molecular flexibility index (Phi) is 4.66. The fourth-order valence-corrected chi connectivity index (χ4v) is 2.88. The second-order valence-corrected chi connectivity index (χ2v) is 7.10. The fraction of sp³-hybridized carbons (Fsp3) is 0.125. The van der Waals surface area contributed by atoms with Gasteiger partial charge in [-0.05, 0) is 48.5 Å². The van der Waals surface area contributed by atoms with Crippen molar-refractivity contribution >= 4 is 15.7 Å². The first-order valence-corrected chi connectivity index (χ1v) is 9.10. The maximum atomic E-state index is 13.1. The van der Waals surface area contributed by atoms with Gasteiger partial charge >= 0.3 is 6.18 Å². The van der Waals surface area contributed by atoms with Crippen molar-refractivity contribution in [2.24, 2.45) is 5.14 Å². The van der Waals surface area contributed by atoms with E-state index in [4.69, 9.17) is 5.14 Å². The molecule has 0 radical (unpaired) electrons. The normalized spacial score (nSPS) is 12.2. The van der Waals surface area contributed by atoms with Crippen LogP contribution in [0.2, 0.25) is 0 Å². The first kappa shape index (κ1) is 18.9. The summed E-state index contributed by atoms with van der Waals surface area (Å²) < 4.78 is 63.0. The van der Waals surface area contributed by atoms with E-state index in [9.17, 15) is 21.6 Å². The summed E-state index contributed by atoms with van der Waals surface area (Å²) >= 11 is 0. The average molecular weight is 397 g/mol. The minimum absolute atomic E-state index is 0.0340. The Morgan fingerprint density at radius 1 is 1.04 bits per heavy atom. The molecule has 0 aliphatic rings. The van der Waals surface area contributed by atoms with E-state index in [1.165, 1.54) is 24.3 Å². The Bertz CT molecular complexity index is 1060. The predicted molar refractivity (Wildman–Crippen MR) is 92.7 cm³/mol. The Hall–Kier alpha value is -2.92. The van der Waals surface area contributed by atoms with Crippen molar-refractivity contribution in [2.45, 2.75) is 11.1 Å². The Morgan fingerprint density at radius 3 is 2.11 bits per heavy atom. The van der Waals surface area contributed by atoms with Crippen molar-refractivity contribution in [1.29, 1.82) is 0 Å². The van der Waals surface area contributed by atoms with Gasteiger partial charge < -0.3 is 5.32 Å². The minimum atomic E-state index is -4.73. The number of nitrogens with two attached hydrogens (primary N) is 1. The molecule has 2 aromatic carbocycles. The Balaban J connectivity index is 2.14. The van der Waals surface area contributed by atoms with Gasteiger partial charge in [0.05, 0.1) is 10.6 Å². The van der Waals surface area contributed by atoms with Crippen LogP contribution in [0.15, 0.2) is 53.4 Å². The number of rotatable bonds is 4. The minimum Gasteiger partial charge on any atom is -0.388 e. The third-order valence-electron chi connectivity index (χ3n) is 3.70. The molecule has 3 rings (SSSR count). The van der Waals surface area contributed by atoms with Crippen LogP contribution in [0.3, 0.4) is 0 Å². The van der Waals surface area contributed by atoms with Crippen LogP contribution >= 0.6 is 0 Å². The lowest BCUT2D eigenvalue weighted by Gasteiger charge is -2.07. The topological polar surface area (TPSA) is 103 Å². The number of nitrogens with zero attached hydrogens (tertiary/aromatic N) is 3. The summed E-state index contributed by atoms with van der Waals surface area (Å²) in [7, 11) is -2.21. The standard InChI is InChI=1S/C16H14F3N5O2S/c1-21-11-4-2-10(3-5-11)14-22-15(16(17,18)19)23-24(14)12-6-8-13(9-7-12)27(20,25)26/h2-9,21H,1H3,(H2,20,25,26). The van der Waals surface area contributed by atoms with E-state index in [0.29, 0.717) is 5.56 Å². The quantitative estimate of drug-likeness (QED) is 0.705. The van der Waals surface area contributed by atoms with Gasteiger partial charge in [0.2, 0.25) is 10.0 Å². The number of alkyl halides is 3. The highest BCUT2D eigenvalue weighted by molar-refractivity contribution is 7.89. The molecule has 1 aromatic heterocycles. The second-order valence-electron chi connectivity index (χ2n) is 5.53. The van der Waals surface area contributed by atoms with Gasteiger partial charge in [0.1, 0.15) is 0 Å². The molecule has 0 unspecified atom stereocenters. The number of halogens is 3. The predicted octanol–water partition coefficient (Wildman–Crippen LogP) is 2.64. The molecule has 0 aliphatic heterocycles. The Morgan fingerprint density at radius 2 is 1.63 bits per heavy atom. The molecule has 0 saturated heterocycles. The summed E-state index contributed by atoms with van der Waals surface area (Å²) in [6, 6.07) is 11.6. The first-order chi connectivity index (χ1) is 12.6. The molecular formula is C16H14F3N5O2S. The molecule has 1 heterocycles. The molecule has 0 aliphatic carbocycles. The van der Waals surface area contributed by atoms with Crippen LogP contribution in [0.4, 0.5) is 18.9 Å². The summed E-state index contributed by atoms with van der Waals surface area (Å²) in [5.41, 5.74) is 1.39. The van der Waals surface area contributed by atoms with Crippen LogP contribution in [0.1, 0.15) is 5.82 Å². The van der Waals surface area contributed by atoms with Crippen molar-refractivity contribution in [2.75, 3.05) is 12.4 Å². The zero-order valence-electron chi connectivity index (χ0n) is 13.9. The van der Waals surface area contributed by atoms with E-state index >= 15 is 0 Å². The maximum Gasteiger partial charge on any atom is 0.453 e. The van der Waals surface area contributed by atoms with Crippen LogP contribution in [0, 0.1) is 0 Å². The SMILES string of the molecule is CNc1ccc(-c2nc(C(F)(F)F)nn2-c2ccc(S(N)(=O)=O)cc2)cc1. The molecule has 27 heavy (non-hydrogen) atoms. The Labute approximate surface area is 152 Å². The lowest BCUT2D eigenvalue weighted by molar-refractivity contribution is -0.144. The summed E-state index contributed by atoms with van der Waals surface area (Å²) in [5, 5.41) is 11.5. The van der Waals surface area contributed by atoms with E-state index < -0.39 is 22.0 Å². The average Bonchev–Trinajstić information content (AvgIpc) is 3.07. The molecular weight excluding hydrogens is 383 g/mol. The number of benzene rings is 2. The van der Waals surface area contributed by atoms with Gasteiger partial charge in [0, 0.05) is 18.3 Å². The van der Waals surface area contributed by atoms with Gasteiger partial charge in [-0.15, -0.1) is 5.10 Å². The number of hydrogen-bond acceptors (Lipinski definition) is 5. The number of aromatic nitrogens is 3. The molecule has 3 aromatic rings. The molecule has 11 heteroatoms. The zero-order chi connectivity index (χ0) is 19.8. The summed E-state index contributed by atoms with van der Waals surface area (Å²) in [6.07, 6.45) is -4.73.